The first-order valence-electron chi connectivity index (χ1n) is 8.59. The first-order chi connectivity index (χ1) is 12.6. The van der Waals surface area contributed by atoms with Gasteiger partial charge in [0.2, 0.25) is 0 Å². The number of nitrogens with one attached hydrogen (secondary N) is 2. The van der Waals surface area contributed by atoms with Crippen molar-refractivity contribution < 1.29 is 14.3 Å². The minimum atomic E-state index is -0.164. The van der Waals surface area contributed by atoms with E-state index in [0.717, 1.165) is 0 Å². The Bertz CT molecular complexity index is 764. The van der Waals surface area contributed by atoms with Crippen LogP contribution < -0.4 is 10.6 Å². The van der Waals surface area contributed by atoms with Crippen LogP contribution in [-0.4, -0.2) is 36.6 Å². The van der Waals surface area contributed by atoms with E-state index < -0.39 is 0 Å². The summed E-state index contributed by atoms with van der Waals surface area (Å²) in [7, 11) is 1.60. The standard InChI is InChI=1S/C20H23N3O3/c1-14(13-26-2)21-19(24)15-7-9-18(10-8-15)22-20(25)23-11-16-5-3-4-6-17(16)12-23/h3-10,14H,11-13H2,1-2H3,(H,21,24)(H,22,25). The molecule has 3 rings (SSSR count). The lowest BCUT2D eigenvalue weighted by Gasteiger charge is -2.17. The third-order valence-electron chi connectivity index (χ3n) is 4.32. The predicted molar refractivity (Wildman–Crippen MR) is 100.0 cm³/mol. The van der Waals surface area contributed by atoms with Crippen LogP contribution in [0.15, 0.2) is 48.5 Å². The Labute approximate surface area is 153 Å². The van der Waals surface area contributed by atoms with Gasteiger partial charge < -0.3 is 20.3 Å². The Hall–Kier alpha value is -2.86. The normalized spacial score (nSPS) is 13.8. The number of hydrogen-bond donors (Lipinski definition) is 2. The highest BCUT2D eigenvalue weighted by Gasteiger charge is 2.22. The van der Waals surface area contributed by atoms with Crippen LogP contribution in [0.4, 0.5) is 10.5 Å². The van der Waals surface area contributed by atoms with E-state index in [9.17, 15) is 9.59 Å². The van der Waals surface area contributed by atoms with Crippen molar-refractivity contribution in [2.75, 3.05) is 19.0 Å². The second-order valence-electron chi connectivity index (χ2n) is 6.46. The Kier molecular flexibility index (Phi) is 5.53. The molecule has 2 aromatic rings. The number of ether oxygens (including phenoxy) is 1. The van der Waals surface area contributed by atoms with Crippen LogP contribution in [0.5, 0.6) is 0 Å². The van der Waals surface area contributed by atoms with Gasteiger partial charge in [-0.15, -0.1) is 0 Å². The van der Waals surface area contributed by atoms with Crippen molar-refractivity contribution in [2.24, 2.45) is 0 Å². The van der Waals surface area contributed by atoms with Gasteiger partial charge in [0.25, 0.3) is 5.91 Å². The molecule has 0 spiro atoms. The summed E-state index contributed by atoms with van der Waals surface area (Å²) < 4.78 is 5.01. The average molecular weight is 353 g/mol. The molecule has 0 bridgehead atoms. The summed E-state index contributed by atoms with van der Waals surface area (Å²) in [6, 6.07) is 14.7. The van der Waals surface area contributed by atoms with Crippen LogP contribution in [0.2, 0.25) is 0 Å². The number of nitrogens with zero attached hydrogens (tertiary/aromatic N) is 1. The number of carbonyl (C=O) groups is 2. The summed E-state index contributed by atoms with van der Waals surface area (Å²) in [6.07, 6.45) is 0. The van der Waals surface area contributed by atoms with E-state index in [1.54, 1.807) is 36.3 Å². The van der Waals surface area contributed by atoms with E-state index >= 15 is 0 Å². The first kappa shape index (κ1) is 17.9. The zero-order chi connectivity index (χ0) is 18.5. The first-order valence-corrected chi connectivity index (χ1v) is 8.59. The monoisotopic (exact) mass is 353 g/mol. The summed E-state index contributed by atoms with van der Waals surface area (Å²) in [5, 5.41) is 5.73. The van der Waals surface area contributed by atoms with Gasteiger partial charge in [0.15, 0.2) is 0 Å². The molecule has 0 saturated carbocycles. The zero-order valence-corrected chi connectivity index (χ0v) is 15.0. The number of carbonyl (C=O) groups excluding carboxylic acids is 2. The lowest BCUT2D eigenvalue weighted by atomic mass is 10.1. The van der Waals surface area contributed by atoms with Crippen molar-refractivity contribution in [3.63, 3.8) is 0 Å². The molecule has 1 atom stereocenters. The van der Waals surface area contributed by atoms with Crippen molar-refractivity contribution >= 4 is 17.6 Å². The van der Waals surface area contributed by atoms with E-state index in [0.29, 0.717) is 30.9 Å². The van der Waals surface area contributed by atoms with E-state index in [-0.39, 0.29) is 18.0 Å². The quantitative estimate of drug-likeness (QED) is 0.868. The molecule has 2 N–H and O–H groups in total. The van der Waals surface area contributed by atoms with Crippen LogP contribution in [0, 0.1) is 0 Å². The van der Waals surface area contributed by atoms with Crippen LogP contribution in [0.1, 0.15) is 28.4 Å². The van der Waals surface area contributed by atoms with Gasteiger partial charge in [-0.2, -0.15) is 0 Å². The molecule has 6 heteroatoms. The highest BCUT2D eigenvalue weighted by atomic mass is 16.5. The zero-order valence-electron chi connectivity index (χ0n) is 15.0. The number of urea groups is 1. The number of benzene rings is 2. The molecule has 0 radical (unpaired) electrons. The van der Waals surface area contributed by atoms with Crippen LogP contribution in [-0.2, 0) is 17.8 Å². The number of methoxy groups -OCH3 is 1. The van der Waals surface area contributed by atoms with Crippen molar-refractivity contribution in [2.45, 2.75) is 26.1 Å². The molecule has 6 nitrogen and oxygen atoms in total. The fourth-order valence-electron chi connectivity index (χ4n) is 2.98. The van der Waals surface area contributed by atoms with Gasteiger partial charge in [0, 0.05) is 37.5 Å². The second kappa shape index (κ2) is 8.01. The maximum Gasteiger partial charge on any atom is 0.322 e. The third kappa shape index (κ3) is 4.21. The summed E-state index contributed by atoms with van der Waals surface area (Å²) in [6.45, 7) is 3.56. The fourth-order valence-corrected chi connectivity index (χ4v) is 2.98. The van der Waals surface area contributed by atoms with Gasteiger partial charge in [-0.05, 0) is 42.3 Å². The maximum absolute atomic E-state index is 12.4. The van der Waals surface area contributed by atoms with Crippen LogP contribution in [0.25, 0.3) is 0 Å². The molecule has 0 aromatic heterocycles. The van der Waals surface area contributed by atoms with E-state index in [1.807, 2.05) is 31.2 Å². The minimum Gasteiger partial charge on any atom is -0.383 e. The lowest BCUT2D eigenvalue weighted by molar-refractivity contribution is 0.0905. The van der Waals surface area contributed by atoms with Gasteiger partial charge in [0.05, 0.1) is 6.61 Å². The highest BCUT2D eigenvalue weighted by Crippen LogP contribution is 2.23. The van der Waals surface area contributed by atoms with Gasteiger partial charge in [-0.25, -0.2) is 4.79 Å². The van der Waals surface area contributed by atoms with Crippen LogP contribution >= 0.6 is 0 Å². The fraction of sp³-hybridized carbons (Fsp3) is 0.300. The van der Waals surface area contributed by atoms with E-state index in [4.69, 9.17) is 4.74 Å². The Morgan fingerprint density at radius 1 is 1.08 bits per heavy atom. The Morgan fingerprint density at radius 2 is 1.69 bits per heavy atom. The van der Waals surface area contributed by atoms with Crippen LogP contribution in [0.3, 0.4) is 0 Å². The molecule has 1 aliphatic heterocycles. The molecule has 0 saturated heterocycles. The number of fused-ring (bicyclic) bond motifs is 1. The number of anilines is 1. The van der Waals surface area contributed by atoms with Crippen molar-refractivity contribution in [3.8, 4) is 0 Å². The number of hydrogen-bond acceptors (Lipinski definition) is 3. The largest absolute Gasteiger partial charge is 0.383 e. The smallest absolute Gasteiger partial charge is 0.322 e. The average Bonchev–Trinajstić information content (AvgIpc) is 3.07. The summed E-state index contributed by atoms with van der Waals surface area (Å²) in [4.78, 5) is 26.3. The summed E-state index contributed by atoms with van der Waals surface area (Å²) >= 11 is 0. The third-order valence-corrected chi connectivity index (χ3v) is 4.32. The maximum atomic E-state index is 12.4. The molecule has 26 heavy (non-hydrogen) atoms. The van der Waals surface area contributed by atoms with Gasteiger partial charge >= 0.3 is 6.03 Å². The molecule has 0 aliphatic carbocycles. The Morgan fingerprint density at radius 3 is 2.27 bits per heavy atom. The topological polar surface area (TPSA) is 70.7 Å². The Balaban J connectivity index is 1.56. The van der Waals surface area contributed by atoms with Crippen molar-refractivity contribution in [3.05, 3.63) is 65.2 Å². The molecule has 1 unspecified atom stereocenters. The SMILES string of the molecule is COCC(C)NC(=O)c1ccc(NC(=O)N2Cc3ccccc3C2)cc1. The molecule has 3 amide bonds. The number of amides is 3. The highest BCUT2D eigenvalue weighted by molar-refractivity contribution is 5.95. The predicted octanol–water partition coefficient (Wildman–Crippen LogP) is 3.00. The van der Waals surface area contributed by atoms with Gasteiger partial charge in [-0.3, -0.25) is 4.79 Å². The second-order valence-corrected chi connectivity index (χ2v) is 6.46. The van der Waals surface area contributed by atoms with E-state index in [2.05, 4.69) is 10.6 Å². The van der Waals surface area contributed by atoms with Gasteiger partial charge in [-0.1, -0.05) is 24.3 Å². The summed E-state index contributed by atoms with van der Waals surface area (Å²) in [5.74, 6) is -0.164. The lowest BCUT2D eigenvalue weighted by Crippen LogP contribution is -2.35. The molecule has 136 valence electrons. The van der Waals surface area contributed by atoms with Crippen molar-refractivity contribution in [1.82, 2.24) is 10.2 Å². The minimum absolute atomic E-state index is 0.0660. The number of rotatable bonds is 5. The molecule has 1 heterocycles. The van der Waals surface area contributed by atoms with Gasteiger partial charge in [0.1, 0.15) is 0 Å². The molecular weight excluding hydrogens is 330 g/mol. The molecule has 0 fully saturated rings. The summed E-state index contributed by atoms with van der Waals surface area (Å²) in [5.41, 5.74) is 3.56. The van der Waals surface area contributed by atoms with E-state index in [1.165, 1.54) is 11.1 Å². The van der Waals surface area contributed by atoms with Crippen molar-refractivity contribution in [1.29, 1.82) is 0 Å². The molecule has 2 aromatic carbocycles. The molecular formula is C20H23N3O3. The molecule has 1 aliphatic rings.